The average Bonchev–Trinajstić information content (AvgIpc) is 3.10. The molecule has 0 aliphatic rings. The van der Waals surface area contributed by atoms with Crippen molar-refractivity contribution in [1.82, 2.24) is 0 Å². The second-order valence-electron chi connectivity index (χ2n) is 11.1. The Morgan fingerprint density at radius 2 is 0.636 bits per heavy atom. The lowest BCUT2D eigenvalue weighted by Crippen LogP contribution is -2.12. The van der Waals surface area contributed by atoms with Crippen molar-refractivity contribution in [3.8, 4) is 0 Å². The van der Waals surface area contributed by atoms with Gasteiger partial charge in [-0.2, -0.15) is 0 Å². The summed E-state index contributed by atoms with van der Waals surface area (Å²) >= 11 is 0. The average molecular weight is 563 g/mol. The first-order valence-corrected chi connectivity index (χ1v) is 15.0. The number of fused-ring (bicyclic) bond motifs is 3. The first-order chi connectivity index (χ1) is 21.8. The van der Waals surface area contributed by atoms with E-state index in [9.17, 15) is 0 Å². The number of nitrogens with zero attached hydrogens (tertiary/aromatic N) is 2. The van der Waals surface area contributed by atoms with Crippen molar-refractivity contribution in [2.75, 3.05) is 9.80 Å². The summed E-state index contributed by atoms with van der Waals surface area (Å²) in [6.45, 7) is 0. The molecule has 0 unspecified atom stereocenters. The molecular weight excluding hydrogens is 532 g/mol. The molecule has 208 valence electrons. The number of benzene rings is 8. The predicted molar refractivity (Wildman–Crippen MR) is 188 cm³/mol. The van der Waals surface area contributed by atoms with Crippen LogP contribution in [0.1, 0.15) is 0 Å². The molecule has 0 aliphatic heterocycles. The highest BCUT2D eigenvalue weighted by atomic mass is 15.2. The zero-order valence-electron chi connectivity index (χ0n) is 24.2. The fourth-order valence-electron chi connectivity index (χ4n) is 6.31. The van der Waals surface area contributed by atoms with E-state index in [2.05, 4.69) is 192 Å². The molecule has 0 N–H and O–H groups in total. The largest absolute Gasteiger partial charge is 0.310 e. The maximum absolute atomic E-state index is 2.38. The predicted octanol–water partition coefficient (Wildman–Crippen LogP) is 12.1. The van der Waals surface area contributed by atoms with Gasteiger partial charge in [0.25, 0.3) is 0 Å². The summed E-state index contributed by atoms with van der Waals surface area (Å²) in [5.74, 6) is 0. The van der Waals surface area contributed by atoms with E-state index in [1.54, 1.807) is 0 Å². The molecule has 0 radical (unpaired) electrons. The van der Waals surface area contributed by atoms with E-state index in [0.717, 1.165) is 34.1 Å². The Bertz CT molecular complexity index is 2080. The lowest BCUT2D eigenvalue weighted by molar-refractivity contribution is 1.29. The Balaban J connectivity index is 1.36. The highest BCUT2D eigenvalue weighted by molar-refractivity contribution is 6.07. The van der Waals surface area contributed by atoms with Crippen LogP contribution in [0.3, 0.4) is 0 Å². The van der Waals surface area contributed by atoms with E-state index in [4.69, 9.17) is 0 Å². The van der Waals surface area contributed by atoms with Gasteiger partial charge in [-0.3, -0.25) is 0 Å². The number of rotatable bonds is 6. The van der Waals surface area contributed by atoms with Gasteiger partial charge in [0.15, 0.2) is 0 Å². The second kappa shape index (κ2) is 11.1. The fourth-order valence-corrected chi connectivity index (χ4v) is 6.31. The van der Waals surface area contributed by atoms with Gasteiger partial charge >= 0.3 is 0 Å². The van der Waals surface area contributed by atoms with Crippen LogP contribution in [0.5, 0.6) is 0 Å². The zero-order valence-corrected chi connectivity index (χ0v) is 24.2. The van der Waals surface area contributed by atoms with Crippen LogP contribution in [0, 0.1) is 0 Å². The maximum atomic E-state index is 2.38. The molecule has 0 spiro atoms. The Kier molecular flexibility index (Phi) is 6.51. The molecule has 2 heteroatoms. The molecule has 0 fully saturated rings. The molecule has 8 rings (SSSR count). The van der Waals surface area contributed by atoms with Crippen molar-refractivity contribution in [3.63, 3.8) is 0 Å². The minimum Gasteiger partial charge on any atom is -0.310 e. The molecule has 0 amide bonds. The Morgan fingerprint density at radius 1 is 0.250 bits per heavy atom. The van der Waals surface area contributed by atoms with Gasteiger partial charge in [-0.25, -0.2) is 0 Å². The molecule has 0 heterocycles. The first kappa shape index (κ1) is 25.8. The Hall–Kier alpha value is -5.86. The molecule has 8 aromatic rings. The van der Waals surface area contributed by atoms with Gasteiger partial charge in [-0.15, -0.1) is 0 Å². The highest BCUT2D eigenvalue weighted by Crippen LogP contribution is 2.44. The van der Waals surface area contributed by atoms with Gasteiger partial charge in [-0.05, 0) is 82.2 Å². The van der Waals surface area contributed by atoms with Crippen molar-refractivity contribution < 1.29 is 0 Å². The highest BCUT2D eigenvalue weighted by Gasteiger charge is 2.20. The monoisotopic (exact) mass is 562 g/mol. The lowest BCUT2D eigenvalue weighted by Gasteiger charge is -2.30. The first-order valence-electron chi connectivity index (χ1n) is 15.0. The van der Waals surface area contributed by atoms with Gasteiger partial charge < -0.3 is 9.80 Å². The maximum Gasteiger partial charge on any atom is 0.0540 e. The summed E-state index contributed by atoms with van der Waals surface area (Å²) in [6, 6.07) is 65.2. The van der Waals surface area contributed by atoms with Crippen LogP contribution in [0.2, 0.25) is 0 Å². The van der Waals surface area contributed by atoms with E-state index in [-0.39, 0.29) is 0 Å². The van der Waals surface area contributed by atoms with Gasteiger partial charge in [0, 0.05) is 33.5 Å². The molecule has 0 saturated carbocycles. The zero-order chi connectivity index (χ0) is 29.3. The quantitative estimate of drug-likeness (QED) is 0.199. The van der Waals surface area contributed by atoms with Crippen molar-refractivity contribution in [3.05, 3.63) is 182 Å². The Morgan fingerprint density at radius 3 is 1.07 bits per heavy atom. The summed E-state index contributed by atoms with van der Waals surface area (Å²) in [5, 5.41) is 7.28. The third kappa shape index (κ3) is 4.63. The Labute approximate surface area is 257 Å². The van der Waals surface area contributed by atoms with E-state index in [1.807, 2.05) is 0 Å². The minimum absolute atomic E-state index is 1.12. The van der Waals surface area contributed by atoms with Gasteiger partial charge in [0.05, 0.1) is 11.4 Å². The van der Waals surface area contributed by atoms with Crippen LogP contribution in [-0.4, -0.2) is 0 Å². The molecule has 44 heavy (non-hydrogen) atoms. The van der Waals surface area contributed by atoms with E-state index < -0.39 is 0 Å². The lowest BCUT2D eigenvalue weighted by atomic mass is 10.0. The topological polar surface area (TPSA) is 6.48 Å². The third-order valence-corrected chi connectivity index (χ3v) is 8.37. The van der Waals surface area contributed by atoms with Crippen LogP contribution >= 0.6 is 0 Å². The van der Waals surface area contributed by atoms with Crippen molar-refractivity contribution in [1.29, 1.82) is 0 Å². The van der Waals surface area contributed by atoms with Crippen LogP contribution in [0.4, 0.5) is 34.1 Å². The summed E-state index contributed by atoms with van der Waals surface area (Å²) in [5.41, 5.74) is 6.77. The van der Waals surface area contributed by atoms with Crippen LogP contribution in [0.15, 0.2) is 182 Å². The van der Waals surface area contributed by atoms with Crippen molar-refractivity contribution in [2.45, 2.75) is 0 Å². The van der Waals surface area contributed by atoms with Crippen molar-refractivity contribution in [2.24, 2.45) is 0 Å². The third-order valence-electron chi connectivity index (χ3n) is 8.37. The molecule has 2 nitrogen and oxygen atoms in total. The smallest absolute Gasteiger partial charge is 0.0540 e. The molecule has 0 aromatic heterocycles. The summed E-state index contributed by atoms with van der Waals surface area (Å²) in [4.78, 5) is 4.75. The number of hydrogen-bond donors (Lipinski definition) is 0. The minimum atomic E-state index is 1.12. The fraction of sp³-hybridized carbons (Fsp3) is 0. The molecule has 0 bridgehead atoms. The van der Waals surface area contributed by atoms with E-state index in [1.165, 1.54) is 32.3 Å². The van der Waals surface area contributed by atoms with Crippen LogP contribution < -0.4 is 9.80 Å². The van der Waals surface area contributed by atoms with Gasteiger partial charge in [-0.1, -0.05) is 121 Å². The molecule has 0 aliphatic carbocycles. The SMILES string of the molecule is c1ccc(N(c2ccc3ccccc3c2)c2cccc3c(N(c4ccccc4)c4ccc5ccccc5c4)cccc23)cc1. The van der Waals surface area contributed by atoms with E-state index in [0.29, 0.717) is 0 Å². The normalized spacial score (nSPS) is 11.2. The number of hydrogen-bond acceptors (Lipinski definition) is 2. The molecular formula is C42H30N2. The van der Waals surface area contributed by atoms with Crippen LogP contribution in [0.25, 0.3) is 32.3 Å². The summed E-state index contributed by atoms with van der Waals surface area (Å²) < 4.78 is 0. The standard InChI is InChI=1S/C42H30N2/c1-3-17-35(18-4-1)43(37-27-25-31-13-7-9-15-33(31)29-37)41-23-11-22-40-39(41)21-12-24-42(40)44(36-19-5-2-6-20-36)38-28-26-32-14-8-10-16-34(32)30-38/h1-30H. The van der Waals surface area contributed by atoms with Crippen molar-refractivity contribution >= 4 is 66.4 Å². The summed E-state index contributed by atoms with van der Waals surface area (Å²) in [6.07, 6.45) is 0. The second-order valence-corrected chi connectivity index (χ2v) is 11.1. The van der Waals surface area contributed by atoms with Crippen LogP contribution in [-0.2, 0) is 0 Å². The molecule has 0 saturated heterocycles. The van der Waals surface area contributed by atoms with Gasteiger partial charge in [0.2, 0.25) is 0 Å². The number of anilines is 6. The molecule has 8 aromatic carbocycles. The van der Waals surface area contributed by atoms with E-state index >= 15 is 0 Å². The summed E-state index contributed by atoms with van der Waals surface area (Å²) in [7, 11) is 0. The van der Waals surface area contributed by atoms with Gasteiger partial charge in [0.1, 0.15) is 0 Å². The number of para-hydroxylation sites is 2. The molecule has 0 atom stereocenters.